The topological polar surface area (TPSA) is 62.4 Å². The second-order valence-corrected chi connectivity index (χ2v) is 4.55. The predicted octanol–water partition coefficient (Wildman–Crippen LogP) is 2.40. The first-order valence-corrected chi connectivity index (χ1v) is 5.30. The number of benzene rings is 1. The molecule has 4 nitrogen and oxygen atoms in total. The molecule has 1 aromatic carbocycles. The number of nitrogens with one attached hydrogen (secondary N) is 2. The minimum Gasteiger partial charge on any atom is -0.371 e. The molecule has 0 aliphatic carbocycles. The molecule has 98 valence electrons. The standard InChI is InChI=1S/C11H13F3N4/c1-10(2)9(18-15)16-8-6(11(12,13)14)4-3-5-7(8)17-10/h3-5,17H,15H2,1-2H3,(H,16,18). The fraction of sp³-hybridized carbons (Fsp3) is 0.364. The lowest BCUT2D eigenvalue weighted by Crippen LogP contribution is -2.51. The molecule has 1 heterocycles. The number of para-hydroxylation sites is 1. The molecule has 0 amide bonds. The van der Waals surface area contributed by atoms with Crippen LogP contribution in [-0.2, 0) is 6.18 Å². The molecule has 0 fully saturated rings. The van der Waals surface area contributed by atoms with Gasteiger partial charge in [-0.3, -0.25) is 0 Å². The molecule has 0 aromatic heterocycles. The van der Waals surface area contributed by atoms with Crippen LogP contribution >= 0.6 is 0 Å². The van der Waals surface area contributed by atoms with Crippen molar-refractivity contribution in [2.45, 2.75) is 25.6 Å². The van der Waals surface area contributed by atoms with Gasteiger partial charge in [0.1, 0.15) is 11.5 Å². The Bertz CT molecular complexity index is 506. The molecule has 1 aliphatic rings. The van der Waals surface area contributed by atoms with Gasteiger partial charge in [-0.25, -0.2) is 10.8 Å². The van der Waals surface area contributed by atoms with E-state index in [2.05, 4.69) is 15.7 Å². The van der Waals surface area contributed by atoms with Gasteiger partial charge in [0, 0.05) is 0 Å². The summed E-state index contributed by atoms with van der Waals surface area (Å²) < 4.78 is 38.6. The van der Waals surface area contributed by atoms with E-state index < -0.39 is 17.3 Å². The average molecular weight is 258 g/mol. The Balaban J connectivity index is 2.63. The number of fused-ring (bicyclic) bond motifs is 1. The molecule has 0 saturated carbocycles. The highest BCUT2D eigenvalue weighted by molar-refractivity contribution is 5.99. The third-order valence-corrected chi connectivity index (χ3v) is 2.74. The molecule has 1 aliphatic heterocycles. The third kappa shape index (κ3) is 2.01. The Kier molecular flexibility index (Phi) is 2.73. The van der Waals surface area contributed by atoms with Crippen molar-refractivity contribution in [2.24, 2.45) is 10.8 Å². The monoisotopic (exact) mass is 258 g/mol. The zero-order chi connectivity index (χ0) is 13.6. The molecule has 2 rings (SSSR count). The third-order valence-electron chi connectivity index (χ3n) is 2.74. The molecule has 0 bridgehead atoms. The minimum absolute atomic E-state index is 0.141. The van der Waals surface area contributed by atoms with Gasteiger partial charge in [0.2, 0.25) is 0 Å². The van der Waals surface area contributed by atoms with Crippen molar-refractivity contribution in [3.63, 3.8) is 0 Å². The van der Waals surface area contributed by atoms with Crippen LogP contribution in [0.15, 0.2) is 23.2 Å². The smallest absolute Gasteiger partial charge is 0.371 e. The van der Waals surface area contributed by atoms with E-state index in [0.717, 1.165) is 6.07 Å². The van der Waals surface area contributed by atoms with Crippen molar-refractivity contribution < 1.29 is 13.2 Å². The number of alkyl halides is 3. The fourth-order valence-electron chi connectivity index (χ4n) is 1.85. The molecule has 0 atom stereocenters. The number of nitrogens with zero attached hydrogens (tertiary/aromatic N) is 1. The Labute approximate surface area is 102 Å². The molecule has 0 spiro atoms. The Morgan fingerprint density at radius 1 is 1.33 bits per heavy atom. The van der Waals surface area contributed by atoms with Crippen molar-refractivity contribution in [1.82, 2.24) is 5.43 Å². The summed E-state index contributed by atoms with van der Waals surface area (Å²) in [4.78, 5) is 3.98. The summed E-state index contributed by atoms with van der Waals surface area (Å²) in [7, 11) is 0. The molecule has 0 radical (unpaired) electrons. The Hall–Kier alpha value is -1.76. The molecule has 1 aromatic rings. The number of hydrogen-bond donors (Lipinski definition) is 3. The highest BCUT2D eigenvalue weighted by atomic mass is 19.4. The predicted molar refractivity (Wildman–Crippen MR) is 63.6 cm³/mol. The van der Waals surface area contributed by atoms with E-state index in [4.69, 9.17) is 5.84 Å². The lowest BCUT2D eigenvalue weighted by molar-refractivity contribution is -0.137. The Morgan fingerprint density at radius 3 is 2.56 bits per heavy atom. The summed E-state index contributed by atoms with van der Waals surface area (Å²) >= 11 is 0. The van der Waals surface area contributed by atoms with Crippen LogP contribution < -0.4 is 16.6 Å². The van der Waals surface area contributed by atoms with Gasteiger partial charge in [0.15, 0.2) is 0 Å². The number of hydrogen-bond acceptors (Lipinski definition) is 4. The first-order valence-electron chi connectivity index (χ1n) is 5.30. The molecule has 0 unspecified atom stereocenters. The largest absolute Gasteiger partial charge is 0.418 e. The molecular weight excluding hydrogens is 245 g/mol. The average Bonchev–Trinajstić information content (AvgIpc) is 2.24. The van der Waals surface area contributed by atoms with Gasteiger partial charge >= 0.3 is 6.18 Å². The van der Waals surface area contributed by atoms with E-state index in [0.29, 0.717) is 5.69 Å². The van der Waals surface area contributed by atoms with Gasteiger partial charge in [-0.05, 0) is 26.0 Å². The van der Waals surface area contributed by atoms with Gasteiger partial charge in [-0.1, -0.05) is 6.07 Å². The van der Waals surface area contributed by atoms with Crippen molar-refractivity contribution in [2.75, 3.05) is 5.32 Å². The van der Waals surface area contributed by atoms with Crippen LogP contribution in [0.3, 0.4) is 0 Å². The van der Waals surface area contributed by atoms with Gasteiger partial charge in [0.25, 0.3) is 0 Å². The van der Waals surface area contributed by atoms with Crippen molar-refractivity contribution in [1.29, 1.82) is 0 Å². The summed E-state index contributed by atoms with van der Waals surface area (Å²) in [6, 6.07) is 3.90. The number of halogens is 3. The van der Waals surface area contributed by atoms with E-state index in [9.17, 15) is 13.2 Å². The Morgan fingerprint density at radius 2 is 2.00 bits per heavy atom. The zero-order valence-corrected chi connectivity index (χ0v) is 9.89. The maximum absolute atomic E-state index is 12.9. The molecular formula is C11H13F3N4. The summed E-state index contributed by atoms with van der Waals surface area (Å²) in [5.41, 5.74) is 1.11. The maximum atomic E-state index is 12.9. The molecule has 4 N–H and O–H groups in total. The van der Waals surface area contributed by atoms with Crippen molar-refractivity contribution in [3.8, 4) is 0 Å². The second kappa shape index (κ2) is 3.88. The first kappa shape index (κ1) is 12.7. The number of amidine groups is 1. The van der Waals surface area contributed by atoms with E-state index in [1.807, 2.05) is 0 Å². The fourth-order valence-corrected chi connectivity index (χ4v) is 1.85. The van der Waals surface area contributed by atoms with E-state index >= 15 is 0 Å². The number of hydrazine groups is 1. The second-order valence-electron chi connectivity index (χ2n) is 4.55. The summed E-state index contributed by atoms with van der Waals surface area (Å²) in [6.45, 7) is 3.55. The quantitative estimate of drug-likeness (QED) is 0.494. The summed E-state index contributed by atoms with van der Waals surface area (Å²) in [5.74, 6) is 5.55. The van der Waals surface area contributed by atoms with E-state index in [1.165, 1.54) is 6.07 Å². The minimum atomic E-state index is -4.45. The highest BCUT2D eigenvalue weighted by Gasteiger charge is 2.38. The van der Waals surface area contributed by atoms with Crippen molar-refractivity contribution >= 4 is 17.2 Å². The lowest BCUT2D eigenvalue weighted by Gasteiger charge is -2.34. The van der Waals surface area contributed by atoms with Crippen LogP contribution in [-0.4, -0.2) is 11.4 Å². The number of nitrogens with two attached hydrogens (primary N) is 1. The van der Waals surface area contributed by atoms with Crippen LogP contribution in [0.25, 0.3) is 0 Å². The van der Waals surface area contributed by atoms with E-state index in [1.54, 1.807) is 19.9 Å². The van der Waals surface area contributed by atoms with Crippen LogP contribution in [0.2, 0.25) is 0 Å². The molecule has 7 heteroatoms. The van der Waals surface area contributed by atoms with Gasteiger partial charge < -0.3 is 10.7 Å². The summed E-state index contributed by atoms with van der Waals surface area (Å²) in [6.07, 6.45) is -4.45. The van der Waals surface area contributed by atoms with E-state index in [-0.39, 0.29) is 11.5 Å². The normalized spacial score (nSPS) is 17.6. The number of aliphatic imine (C=N–C) groups is 1. The van der Waals surface area contributed by atoms with Crippen LogP contribution in [0.5, 0.6) is 0 Å². The van der Waals surface area contributed by atoms with Crippen LogP contribution in [0.1, 0.15) is 19.4 Å². The lowest BCUT2D eigenvalue weighted by atomic mass is 9.99. The first-order chi connectivity index (χ1) is 8.25. The van der Waals surface area contributed by atoms with Crippen molar-refractivity contribution in [3.05, 3.63) is 23.8 Å². The number of rotatable bonds is 0. The van der Waals surface area contributed by atoms with Crippen LogP contribution in [0.4, 0.5) is 24.5 Å². The molecule has 0 saturated heterocycles. The van der Waals surface area contributed by atoms with Gasteiger partial charge in [0.05, 0.1) is 16.8 Å². The SMILES string of the molecule is CC1(C)Nc2cccc(C(F)(F)F)c2N=C1NN. The van der Waals surface area contributed by atoms with Gasteiger partial charge in [-0.2, -0.15) is 13.2 Å². The molecule has 18 heavy (non-hydrogen) atoms. The van der Waals surface area contributed by atoms with Crippen LogP contribution in [0, 0.1) is 0 Å². The number of anilines is 1. The highest BCUT2D eigenvalue weighted by Crippen LogP contribution is 2.43. The maximum Gasteiger partial charge on any atom is 0.418 e. The van der Waals surface area contributed by atoms with Gasteiger partial charge in [-0.15, -0.1) is 0 Å². The summed E-state index contributed by atoms with van der Waals surface area (Å²) in [5, 5.41) is 2.98. The zero-order valence-electron chi connectivity index (χ0n) is 9.89.